The Labute approximate surface area is 186 Å². The molecule has 1 aromatic carbocycles. The molecule has 2 aliphatic rings. The molecule has 2 saturated heterocycles. The first-order chi connectivity index (χ1) is 14.9. The summed E-state index contributed by atoms with van der Waals surface area (Å²) in [6, 6.07) is 5.28. The highest BCUT2D eigenvalue weighted by molar-refractivity contribution is 8.18. The number of nitrogens with zero attached hydrogens (tertiary/aromatic N) is 2. The number of hydrogen-bond donors (Lipinski definition) is 1. The van der Waals surface area contributed by atoms with Gasteiger partial charge in [-0.05, 0) is 67.4 Å². The smallest absolute Gasteiger partial charge is 0.293 e. The van der Waals surface area contributed by atoms with Gasteiger partial charge in [0.05, 0.1) is 25.7 Å². The first-order valence-electron chi connectivity index (χ1n) is 10.4. The van der Waals surface area contributed by atoms with Crippen LogP contribution in [0.15, 0.2) is 23.1 Å². The van der Waals surface area contributed by atoms with Crippen LogP contribution in [-0.2, 0) is 9.59 Å². The van der Waals surface area contributed by atoms with Crippen molar-refractivity contribution in [3.8, 4) is 11.5 Å². The van der Waals surface area contributed by atoms with Crippen molar-refractivity contribution < 1.29 is 23.9 Å². The molecule has 168 valence electrons. The van der Waals surface area contributed by atoms with Crippen molar-refractivity contribution in [3.63, 3.8) is 0 Å². The van der Waals surface area contributed by atoms with Gasteiger partial charge in [0, 0.05) is 13.1 Å². The fraction of sp³-hybridized carbons (Fsp3) is 0.500. The lowest BCUT2D eigenvalue weighted by atomic mass is 9.99. The van der Waals surface area contributed by atoms with Crippen LogP contribution >= 0.6 is 11.8 Å². The number of nitrogens with one attached hydrogen (secondary N) is 1. The Morgan fingerprint density at radius 2 is 1.90 bits per heavy atom. The van der Waals surface area contributed by atoms with E-state index < -0.39 is 0 Å². The van der Waals surface area contributed by atoms with E-state index in [2.05, 4.69) is 17.1 Å². The van der Waals surface area contributed by atoms with E-state index in [0.29, 0.717) is 28.9 Å². The van der Waals surface area contributed by atoms with Crippen molar-refractivity contribution in [2.75, 3.05) is 46.9 Å². The molecule has 3 amide bonds. The molecule has 0 radical (unpaired) electrons. The van der Waals surface area contributed by atoms with Gasteiger partial charge in [-0.3, -0.25) is 24.2 Å². The normalized spacial score (nSPS) is 19.2. The van der Waals surface area contributed by atoms with Gasteiger partial charge in [-0.1, -0.05) is 13.0 Å². The SMILES string of the molecule is COc1ccc(/C=C2/SC(=O)N(CCNC(=O)CN3CCC(C)CC3)C2=O)cc1OC. The Hall–Kier alpha value is -2.52. The molecule has 0 spiro atoms. The quantitative estimate of drug-likeness (QED) is 0.613. The van der Waals surface area contributed by atoms with Gasteiger partial charge in [0.25, 0.3) is 11.1 Å². The van der Waals surface area contributed by atoms with Crippen LogP contribution in [0, 0.1) is 5.92 Å². The van der Waals surface area contributed by atoms with Gasteiger partial charge in [-0.25, -0.2) is 0 Å². The number of carbonyl (C=O) groups is 3. The zero-order valence-electron chi connectivity index (χ0n) is 18.2. The standard InChI is InChI=1S/C22H29N3O5S/c1-15-6-9-24(10-7-15)14-20(26)23-8-11-25-21(27)19(31-22(25)28)13-16-4-5-17(29-2)18(12-16)30-3/h4-5,12-13,15H,6-11,14H2,1-3H3,(H,23,26)/b19-13+. The largest absolute Gasteiger partial charge is 0.493 e. The van der Waals surface area contributed by atoms with E-state index in [-0.39, 0.29) is 30.1 Å². The topological polar surface area (TPSA) is 88.2 Å². The summed E-state index contributed by atoms with van der Waals surface area (Å²) in [6.07, 6.45) is 3.87. The molecule has 0 unspecified atom stereocenters. The number of methoxy groups -OCH3 is 2. The molecular weight excluding hydrogens is 418 g/mol. The Morgan fingerprint density at radius 3 is 2.58 bits per heavy atom. The fourth-order valence-electron chi connectivity index (χ4n) is 3.57. The molecule has 0 bridgehead atoms. The molecule has 0 aromatic heterocycles. The number of rotatable bonds is 8. The summed E-state index contributed by atoms with van der Waals surface area (Å²) >= 11 is 0.893. The van der Waals surface area contributed by atoms with Gasteiger partial charge < -0.3 is 14.8 Å². The highest BCUT2D eigenvalue weighted by Gasteiger charge is 2.34. The van der Waals surface area contributed by atoms with Gasteiger partial charge in [0.2, 0.25) is 5.91 Å². The van der Waals surface area contributed by atoms with Crippen molar-refractivity contribution in [3.05, 3.63) is 28.7 Å². The predicted octanol–water partition coefficient (Wildman–Crippen LogP) is 2.59. The highest BCUT2D eigenvalue weighted by atomic mass is 32.2. The van der Waals surface area contributed by atoms with Gasteiger partial charge in [0.15, 0.2) is 11.5 Å². The first-order valence-corrected chi connectivity index (χ1v) is 11.2. The van der Waals surface area contributed by atoms with E-state index in [1.54, 1.807) is 31.4 Å². The average molecular weight is 448 g/mol. The molecule has 1 N–H and O–H groups in total. The van der Waals surface area contributed by atoms with Crippen LogP contribution in [0.25, 0.3) is 6.08 Å². The van der Waals surface area contributed by atoms with E-state index in [1.807, 2.05) is 0 Å². The minimum absolute atomic E-state index is 0.0811. The number of carbonyl (C=O) groups excluding carboxylic acids is 3. The van der Waals surface area contributed by atoms with Crippen LogP contribution in [0.4, 0.5) is 4.79 Å². The summed E-state index contributed by atoms with van der Waals surface area (Å²) in [5, 5.41) is 2.48. The summed E-state index contributed by atoms with van der Waals surface area (Å²) in [4.78, 5) is 40.8. The monoisotopic (exact) mass is 447 g/mol. The van der Waals surface area contributed by atoms with Crippen molar-refractivity contribution in [1.82, 2.24) is 15.1 Å². The summed E-state index contributed by atoms with van der Waals surface area (Å²) in [5.41, 5.74) is 0.729. The van der Waals surface area contributed by atoms with Crippen molar-refractivity contribution >= 4 is 34.9 Å². The third-order valence-corrected chi connectivity index (χ3v) is 6.39. The second-order valence-corrected chi connectivity index (χ2v) is 8.75. The number of amides is 3. The Balaban J connectivity index is 1.52. The zero-order valence-corrected chi connectivity index (χ0v) is 19.0. The second-order valence-electron chi connectivity index (χ2n) is 7.76. The lowest BCUT2D eigenvalue weighted by molar-refractivity contribution is -0.125. The lowest BCUT2D eigenvalue weighted by Crippen LogP contribution is -2.43. The molecule has 9 heteroatoms. The van der Waals surface area contributed by atoms with E-state index in [0.717, 1.165) is 43.3 Å². The lowest BCUT2D eigenvalue weighted by Gasteiger charge is -2.29. The van der Waals surface area contributed by atoms with Crippen LogP contribution in [0.3, 0.4) is 0 Å². The number of thioether (sulfide) groups is 1. The van der Waals surface area contributed by atoms with Gasteiger partial charge in [-0.2, -0.15) is 0 Å². The number of imide groups is 1. The molecule has 1 aromatic rings. The van der Waals surface area contributed by atoms with Crippen molar-refractivity contribution in [2.45, 2.75) is 19.8 Å². The zero-order chi connectivity index (χ0) is 22.4. The van der Waals surface area contributed by atoms with Gasteiger partial charge >= 0.3 is 0 Å². The van der Waals surface area contributed by atoms with Crippen LogP contribution < -0.4 is 14.8 Å². The Kier molecular flexibility index (Phi) is 7.97. The van der Waals surface area contributed by atoms with Crippen molar-refractivity contribution in [2.24, 2.45) is 5.92 Å². The molecule has 31 heavy (non-hydrogen) atoms. The molecule has 0 atom stereocenters. The van der Waals surface area contributed by atoms with E-state index in [1.165, 1.54) is 12.0 Å². The van der Waals surface area contributed by atoms with Crippen LogP contribution in [0.5, 0.6) is 11.5 Å². The number of hydrogen-bond acceptors (Lipinski definition) is 7. The first kappa shape index (κ1) is 23.1. The molecule has 3 rings (SSSR count). The molecule has 0 saturated carbocycles. The fourth-order valence-corrected chi connectivity index (χ4v) is 4.44. The third-order valence-electron chi connectivity index (χ3n) is 5.48. The number of piperidine rings is 1. The number of ether oxygens (including phenoxy) is 2. The summed E-state index contributed by atoms with van der Waals surface area (Å²) in [5.74, 6) is 1.40. The van der Waals surface area contributed by atoms with Crippen LogP contribution in [-0.4, -0.2) is 73.8 Å². The van der Waals surface area contributed by atoms with E-state index >= 15 is 0 Å². The Bertz CT molecular complexity index is 865. The number of likely N-dealkylation sites (tertiary alicyclic amines) is 1. The second kappa shape index (κ2) is 10.7. The third kappa shape index (κ3) is 6.01. The van der Waals surface area contributed by atoms with E-state index in [4.69, 9.17) is 9.47 Å². The average Bonchev–Trinajstić information content (AvgIpc) is 3.02. The summed E-state index contributed by atoms with van der Waals surface area (Å²) < 4.78 is 10.5. The molecule has 8 nitrogen and oxygen atoms in total. The minimum atomic E-state index is -0.357. The highest BCUT2D eigenvalue weighted by Crippen LogP contribution is 2.34. The molecule has 2 fully saturated rings. The summed E-state index contributed by atoms with van der Waals surface area (Å²) in [6.45, 7) is 4.83. The summed E-state index contributed by atoms with van der Waals surface area (Å²) in [7, 11) is 3.09. The molecule has 2 heterocycles. The van der Waals surface area contributed by atoms with E-state index in [9.17, 15) is 14.4 Å². The van der Waals surface area contributed by atoms with Gasteiger partial charge in [-0.15, -0.1) is 0 Å². The maximum Gasteiger partial charge on any atom is 0.293 e. The number of benzene rings is 1. The van der Waals surface area contributed by atoms with Gasteiger partial charge in [0.1, 0.15) is 0 Å². The molecular formula is C22H29N3O5S. The minimum Gasteiger partial charge on any atom is -0.493 e. The van der Waals surface area contributed by atoms with Crippen LogP contribution in [0.1, 0.15) is 25.3 Å². The van der Waals surface area contributed by atoms with Crippen molar-refractivity contribution in [1.29, 1.82) is 0 Å². The van der Waals surface area contributed by atoms with Crippen LogP contribution in [0.2, 0.25) is 0 Å². The maximum absolute atomic E-state index is 12.7. The molecule has 0 aliphatic carbocycles. The predicted molar refractivity (Wildman–Crippen MR) is 120 cm³/mol. The maximum atomic E-state index is 12.7. The Morgan fingerprint density at radius 1 is 1.19 bits per heavy atom. The molecule has 2 aliphatic heterocycles.